The van der Waals surface area contributed by atoms with Gasteiger partial charge in [-0.1, -0.05) is 62.0 Å². The summed E-state index contributed by atoms with van der Waals surface area (Å²) in [6.45, 7) is 2.18. The number of thiol groups is 1. The lowest BCUT2D eigenvalue weighted by Gasteiger charge is -2.23. The van der Waals surface area contributed by atoms with E-state index in [4.69, 9.17) is 0 Å². The Morgan fingerprint density at radius 1 is 1.22 bits per heavy atom. The fraction of sp³-hybridized carbons (Fsp3) is 0.529. The van der Waals surface area contributed by atoms with Crippen LogP contribution in [0.5, 0.6) is 0 Å². The summed E-state index contributed by atoms with van der Waals surface area (Å²) in [7, 11) is 0. The topological polar surface area (TPSA) is 0 Å². The zero-order valence-electron chi connectivity index (χ0n) is 11.4. The van der Waals surface area contributed by atoms with Gasteiger partial charge in [-0.2, -0.15) is 0 Å². The molecule has 1 aromatic rings. The normalized spacial score (nSPS) is 18.0. The summed E-state index contributed by atoms with van der Waals surface area (Å²) in [5, 5.41) is 0. The molecule has 0 N–H and O–H groups in total. The van der Waals surface area contributed by atoms with Gasteiger partial charge in [0, 0.05) is 4.90 Å². The maximum atomic E-state index is 4.55. The zero-order chi connectivity index (χ0) is 12.8. The molecule has 1 fully saturated rings. The lowest BCUT2D eigenvalue weighted by Crippen LogP contribution is -2.08. The average molecular weight is 260 g/mol. The van der Waals surface area contributed by atoms with Crippen LogP contribution in [0.25, 0.3) is 0 Å². The number of hydrogen-bond donors (Lipinski definition) is 1. The summed E-state index contributed by atoms with van der Waals surface area (Å²) in [4.78, 5) is 1.13. The first kappa shape index (κ1) is 13.7. The summed E-state index contributed by atoms with van der Waals surface area (Å²) < 4.78 is 0. The van der Waals surface area contributed by atoms with Crippen LogP contribution in [0.2, 0.25) is 0 Å². The molecule has 0 heterocycles. The third-order valence-electron chi connectivity index (χ3n) is 4.09. The number of benzene rings is 1. The van der Waals surface area contributed by atoms with E-state index in [1.54, 1.807) is 5.57 Å². The Hall–Kier alpha value is -0.690. The molecule has 1 saturated carbocycles. The first-order valence-corrected chi connectivity index (χ1v) is 7.65. The van der Waals surface area contributed by atoms with Gasteiger partial charge < -0.3 is 0 Å². The highest BCUT2D eigenvalue weighted by molar-refractivity contribution is 7.80. The number of rotatable bonds is 4. The second kappa shape index (κ2) is 7.04. The van der Waals surface area contributed by atoms with Gasteiger partial charge in [0.1, 0.15) is 0 Å². The molecule has 0 spiro atoms. The van der Waals surface area contributed by atoms with E-state index in [2.05, 4.69) is 49.9 Å². The Morgan fingerprint density at radius 3 is 2.61 bits per heavy atom. The second-order valence-electron chi connectivity index (χ2n) is 5.46. The molecule has 0 saturated heterocycles. The van der Waals surface area contributed by atoms with Crippen molar-refractivity contribution in [2.75, 3.05) is 0 Å². The monoisotopic (exact) mass is 260 g/mol. The minimum atomic E-state index is 0.928. The Kier molecular flexibility index (Phi) is 5.37. The van der Waals surface area contributed by atoms with Crippen molar-refractivity contribution in [3.05, 3.63) is 41.5 Å². The summed E-state index contributed by atoms with van der Waals surface area (Å²) in [5.41, 5.74) is 2.95. The Labute approximate surface area is 117 Å². The van der Waals surface area contributed by atoms with Crippen LogP contribution in [-0.4, -0.2) is 0 Å². The van der Waals surface area contributed by atoms with E-state index in [1.165, 1.54) is 44.1 Å². The molecule has 1 aromatic carbocycles. The lowest BCUT2D eigenvalue weighted by atomic mass is 9.83. The van der Waals surface area contributed by atoms with E-state index in [-0.39, 0.29) is 0 Å². The van der Waals surface area contributed by atoms with E-state index in [9.17, 15) is 0 Å². The Morgan fingerprint density at radius 2 is 1.94 bits per heavy atom. The highest BCUT2D eigenvalue weighted by atomic mass is 32.1. The zero-order valence-corrected chi connectivity index (χ0v) is 12.3. The highest BCUT2D eigenvalue weighted by Gasteiger charge is 2.15. The van der Waals surface area contributed by atoms with Gasteiger partial charge >= 0.3 is 0 Å². The molecular weight excluding hydrogens is 236 g/mol. The van der Waals surface area contributed by atoms with E-state index >= 15 is 0 Å². The molecule has 0 atom stereocenters. The first-order chi connectivity index (χ1) is 8.79. The predicted octanol–water partition coefficient (Wildman–Crippen LogP) is 5.43. The molecule has 2 rings (SSSR count). The maximum Gasteiger partial charge on any atom is 0.00752 e. The summed E-state index contributed by atoms with van der Waals surface area (Å²) in [6, 6.07) is 8.46. The van der Waals surface area contributed by atoms with Crippen molar-refractivity contribution in [1.29, 1.82) is 0 Å². The lowest BCUT2D eigenvalue weighted by molar-refractivity contribution is 0.354. The Balaban J connectivity index is 1.95. The summed E-state index contributed by atoms with van der Waals surface area (Å²) >= 11 is 4.55. The summed E-state index contributed by atoms with van der Waals surface area (Å²) in [5.74, 6) is 0.928. The SMILES string of the molecule is C/C=C(\Cc1ccccc1S)CC1CCCCC1. The van der Waals surface area contributed by atoms with E-state index in [1.807, 2.05) is 0 Å². The van der Waals surface area contributed by atoms with E-state index < -0.39 is 0 Å². The van der Waals surface area contributed by atoms with Crippen LogP contribution in [-0.2, 0) is 6.42 Å². The van der Waals surface area contributed by atoms with E-state index in [0.717, 1.165) is 17.2 Å². The molecule has 18 heavy (non-hydrogen) atoms. The van der Waals surface area contributed by atoms with Crippen LogP contribution in [0, 0.1) is 5.92 Å². The standard InChI is InChI=1S/C17H24S/c1-2-14(12-15-8-4-3-5-9-15)13-16-10-6-7-11-17(16)18/h2,6-7,10-11,15,18H,3-5,8-9,12-13H2,1H3/b14-2-. The molecule has 0 bridgehead atoms. The molecule has 0 nitrogen and oxygen atoms in total. The van der Waals surface area contributed by atoms with E-state index in [0.29, 0.717) is 0 Å². The van der Waals surface area contributed by atoms with Crippen molar-refractivity contribution < 1.29 is 0 Å². The van der Waals surface area contributed by atoms with Crippen molar-refractivity contribution in [2.24, 2.45) is 5.92 Å². The Bertz CT molecular complexity index is 400. The molecule has 1 aliphatic carbocycles. The van der Waals surface area contributed by atoms with Crippen LogP contribution >= 0.6 is 12.6 Å². The van der Waals surface area contributed by atoms with Crippen molar-refractivity contribution in [1.82, 2.24) is 0 Å². The number of allylic oxidation sites excluding steroid dienone is 2. The quantitative estimate of drug-likeness (QED) is 0.541. The molecule has 0 aromatic heterocycles. The van der Waals surface area contributed by atoms with Crippen LogP contribution < -0.4 is 0 Å². The highest BCUT2D eigenvalue weighted by Crippen LogP contribution is 2.30. The molecule has 1 heteroatoms. The van der Waals surface area contributed by atoms with Gasteiger partial charge in [-0.15, -0.1) is 12.6 Å². The fourth-order valence-corrected chi connectivity index (χ4v) is 3.20. The third kappa shape index (κ3) is 3.91. The van der Waals surface area contributed by atoms with Gasteiger partial charge in [0.15, 0.2) is 0 Å². The van der Waals surface area contributed by atoms with Crippen molar-refractivity contribution in [3.8, 4) is 0 Å². The predicted molar refractivity (Wildman–Crippen MR) is 82.3 cm³/mol. The van der Waals surface area contributed by atoms with Gasteiger partial charge in [-0.3, -0.25) is 0 Å². The fourth-order valence-electron chi connectivity index (χ4n) is 2.96. The van der Waals surface area contributed by atoms with Crippen LogP contribution in [0.15, 0.2) is 40.8 Å². The van der Waals surface area contributed by atoms with Gasteiger partial charge in [0.25, 0.3) is 0 Å². The van der Waals surface area contributed by atoms with Crippen molar-refractivity contribution >= 4 is 12.6 Å². The molecule has 0 unspecified atom stereocenters. The summed E-state index contributed by atoms with van der Waals surface area (Å²) in [6.07, 6.45) is 11.9. The average Bonchev–Trinajstić information content (AvgIpc) is 2.41. The van der Waals surface area contributed by atoms with Crippen molar-refractivity contribution in [2.45, 2.75) is 56.8 Å². The largest absolute Gasteiger partial charge is 0.143 e. The minimum absolute atomic E-state index is 0.928. The van der Waals surface area contributed by atoms with Crippen LogP contribution in [0.1, 0.15) is 51.0 Å². The van der Waals surface area contributed by atoms with Gasteiger partial charge in [-0.25, -0.2) is 0 Å². The van der Waals surface area contributed by atoms with Gasteiger partial charge in [-0.05, 0) is 37.3 Å². The second-order valence-corrected chi connectivity index (χ2v) is 5.94. The minimum Gasteiger partial charge on any atom is -0.143 e. The smallest absolute Gasteiger partial charge is 0.00752 e. The van der Waals surface area contributed by atoms with Crippen LogP contribution in [0.3, 0.4) is 0 Å². The molecule has 0 aliphatic heterocycles. The number of hydrogen-bond acceptors (Lipinski definition) is 1. The molecule has 1 aliphatic rings. The molecule has 0 radical (unpaired) electrons. The molecule has 98 valence electrons. The van der Waals surface area contributed by atoms with Crippen molar-refractivity contribution in [3.63, 3.8) is 0 Å². The molecule has 0 amide bonds. The first-order valence-electron chi connectivity index (χ1n) is 7.20. The van der Waals surface area contributed by atoms with Gasteiger partial charge in [0.05, 0.1) is 0 Å². The maximum absolute atomic E-state index is 4.55. The van der Waals surface area contributed by atoms with Gasteiger partial charge in [0.2, 0.25) is 0 Å². The third-order valence-corrected chi connectivity index (χ3v) is 4.53. The van der Waals surface area contributed by atoms with Crippen LogP contribution in [0.4, 0.5) is 0 Å². The molecular formula is C17H24S.